The van der Waals surface area contributed by atoms with E-state index in [4.69, 9.17) is 0 Å². The van der Waals surface area contributed by atoms with Crippen LogP contribution in [-0.2, 0) is 9.59 Å². The van der Waals surface area contributed by atoms with Crippen LogP contribution < -0.4 is 5.32 Å². The molecule has 0 fully saturated rings. The van der Waals surface area contributed by atoms with Crippen LogP contribution in [-0.4, -0.2) is 38.1 Å². The molecule has 1 heterocycles. The summed E-state index contributed by atoms with van der Waals surface area (Å²) in [6.07, 6.45) is 0. The fourth-order valence-corrected chi connectivity index (χ4v) is 3.61. The molecule has 3 aromatic rings. The number of hydrogen-bond donors (Lipinski definition) is 3. The topological polar surface area (TPSA) is 109 Å². The molecule has 3 rings (SSSR count). The molecule has 168 valence electrons. The molecule has 0 saturated carbocycles. The van der Waals surface area contributed by atoms with E-state index in [1.807, 2.05) is 0 Å². The highest BCUT2D eigenvalue weighted by Gasteiger charge is 2.33. The second-order valence-electron chi connectivity index (χ2n) is 8.11. The summed E-state index contributed by atoms with van der Waals surface area (Å²) in [5.41, 5.74) is -0.884. The van der Waals surface area contributed by atoms with Crippen molar-refractivity contribution in [2.24, 2.45) is 0 Å². The maximum Gasteiger partial charge on any atom is 0.328 e. The predicted molar refractivity (Wildman–Crippen MR) is 113 cm³/mol. The van der Waals surface area contributed by atoms with Crippen molar-refractivity contribution in [3.05, 3.63) is 64.9 Å². The standard InChI is InChI=1S/C23H22F2N2O5/c1-11(20(29)26-23(3,4)22(31)32)19-12(2)27(17-10-16(25)18(28)9-15(17)19)21(30)13-6-5-7-14(24)8-13/h5-11,28H,1-4H3,(H,26,29)(H,31,32). The van der Waals surface area contributed by atoms with Crippen LogP contribution in [0.5, 0.6) is 5.75 Å². The molecule has 1 unspecified atom stereocenters. The number of carboxylic acids is 1. The monoisotopic (exact) mass is 444 g/mol. The first-order chi connectivity index (χ1) is 14.8. The van der Waals surface area contributed by atoms with E-state index >= 15 is 0 Å². The number of benzene rings is 2. The number of amides is 1. The zero-order valence-electron chi connectivity index (χ0n) is 17.9. The second kappa shape index (κ2) is 8.07. The Labute approximate surface area is 182 Å². The van der Waals surface area contributed by atoms with Crippen LogP contribution in [0.3, 0.4) is 0 Å². The number of nitrogens with zero attached hydrogens (tertiary/aromatic N) is 1. The number of fused-ring (bicyclic) bond motifs is 1. The van der Waals surface area contributed by atoms with Gasteiger partial charge in [0, 0.05) is 22.7 Å². The molecule has 2 aromatic carbocycles. The maximum atomic E-state index is 14.2. The third-order valence-corrected chi connectivity index (χ3v) is 5.39. The van der Waals surface area contributed by atoms with Crippen LogP contribution in [0.4, 0.5) is 8.78 Å². The number of carbonyl (C=O) groups excluding carboxylic acids is 2. The lowest BCUT2D eigenvalue weighted by Crippen LogP contribution is -2.50. The van der Waals surface area contributed by atoms with E-state index < -0.39 is 46.6 Å². The minimum Gasteiger partial charge on any atom is -0.505 e. The maximum absolute atomic E-state index is 14.2. The summed E-state index contributed by atoms with van der Waals surface area (Å²) in [4.78, 5) is 37.4. The number of carboxylic acid groups (broad SMARTS) is 1. The van der Waals surface area contributed by atoms with Gasteiger partial charge in [-0.3, -0.25) is 14.2 Å². The summed E-state index contributed by atoms with van der Waals surface area (Å²) < 4.78 is 29.0. The van der Waals surface area contributed by atoms with Crippen molar-refractivity contribution >= 4 is 28.7 Å². The Bertz CT molecular complexity index is 1260. The number of phenols is 1. The van der Waals surface area contributed by atoms with Crippen LogP contribution in [0.2, 0.25) is 0 Å². The molecular formula is C23H22F2N2O5. The molecule has 1 amide bonds. The number of carbonyl (C=O) groups is 3. The van der Waals surface area contributed by atoms with Crippen LogP contribution >= 0.6 is 0 Å². The molecule has 0 radical (unpaired) electrons. The van der Waals surface area contributed by atoms with E-state index in [0.717, 1.165) is 22.8 Å². The van der Waals surface area contributed by atoms with Gasteiger partial charge < -0.3 is 15.5 Å². The van der Waals surface area contributed by atoms with Crippen molar-refractivity contribution in [2.75, 3.05) is 0 Å². The zero-order valence-corrected chi connectivity index (χ0v) is 17.9. The Morgan fingerprint density at radius 1 is 1.12 bits per heavy atom. The molecule has 7 nitrogen and oxygen atoms in total. The molecule has 0 saturated heterocycles. The summed E-state index contributed by atoms with van der Waals surface area (Å²) in [5.74, 6) is -5.76. The molecule has 0 bridgehead atoms. The molecule has 0 aliphatic heterocycles. The zero-order chi connectivity index (χ0) is 24.0. The van der Waals surface area contributed by atoms with Crippen LogP contribution in [0.25, 0.3) is 10.9 Å². The Hall–Kier alpha value is -3.75. The van der Waals surface area contributed by atoms with Gasteiger partial charge in [-0.05, 0) is 57.5 Å². The lowest BCUT2D eigenvalue weighted by atomic mass is 9.95. The Morgan fingerprint density at radius 3 is 2.38 bits per heavy atom. The number of hydrogen-bond acceptors (Lipinski definition) is 4. The van der Waals surface area contributed by atoms with Gasteiger partial charge in [0.2, 0.25) is 5.91 Å². The van der Waals surface area contributed by atoms with Gasteiger partial charge in [-0.25, -0.2) is 13.6 Å². The fraction of sp³-hybridized carbons (Fsp3) is 0.261. The van der Waals surface area contributed by atoms with Crippen molar-refractivity contribution in [1.29, 1.82) is 0 Å². The number of rotatable bonds is 5. The van der Waals surface area contributed by atoms with Gasteiger partial charge in [-0.1, -0.05) is 6.07 Å². The highest BCUT2D eigenvalue weighted by molar-refractivity contribution is 6.05. The van der Waals surface area contributed by atoms with Gasteiger partial charge >= 0.3 is 5.97 Å². The average molecular weight is 444 g/mol. The highest BCUT2D eigenvalue weighted by Crippen LogP contribution is 2.36. The number of phenolic OH excluding ortho intramolecular Hbond substituents is 1. The molecule has 1 atom stereocenters. The van der Waals surface area contributed by atoms with E-state index in [1.165, 1.54) is 45.9 Å². The quantitative estimate of drug-likeness (QED) is 0.556. The van der Waals surface area contributed by atoms with Crippen molar-refractivity contribution in [1.82, 2.24) is 9.88 Å². The molecule has 32 heavy (non-hydrogen) atoms. The highest BCUT2D eigenvalue weighted by atomic mass is 19.1. The minimum atomic E-state index is -1.55. The van der Waals surface area contributed by atoms with Crippen molar-refractivity contribution < 1.29 is 33.4 Å². The summed E-state index contributed by atoms with van der Waals surface area (Å²) >= 11 is 0. The smallest absolute Gasteiger partial charge is 0.328 e. The third-order valence-electron chi connectivity index (χ3n) is 5.39. The molecule has 1 aromatic heterocycles. The van der Waals surface area contributed by atoms with Gasteiger partial charge in [0.25, 0.3) is 5.91 Å². The molecule has 0 aliphatic carbocycles. The normalized spacial score (nSPS) is 12.6. The van der Waals surface area contributed by atoms with E-state index in [0.29, 0.717) is 5.56 Å². The van der Waals surface area contributed by atoms with Crippen LogP contribution in [0.15, 0.2) is 36.4 Å². The number of aliphatic carboxylic acids is 1. The van der Waals surface area contributed by atoms with Crippen molar-refractivity contribution in [2.45, 2.75) is 39.2 Å². The summed E-state index contributed by atoms with van der Waals surface area (Å²) in [5, 5.41) is 21.9. The largest absolute Gasteiger partial charge is 0.505 e. The number of aromatic hydroxyl groups is 1. The SMILES string of the molecule is Cc1c(C(C)C(=O)NC(C)(C)C(=O)O)c2cc(O)c(F)cc2n1C(=O)c1cccc(F)c1. The van der Waals surface area contributed by atoms with Gasteiger partial charge in [0.1, 0.15) is 11.4 Å². The summed E-state index contributed by atoms with van der Waals surface area (Å²) in [6, 6.07) is 7.05. The van der Waals surface area contributed by atoms with E-state index in [2.05, 4.69) is 5.32 Å². The molecule has 0 aliphatic rings. The molecule has 3 N–H and O–H groups in total. The number of aromatic nitrogens is 1. The van der Waals surface area contributed by atoms with E-state index in [9.17, 15) is 33.4 Å². The predicted octanol–water partition coefficient (Wildman–Crippen LogP) is 3.70. The van der Waals surface area contributed by atoms with Gasteiger partial charge in [0.05, 0.1) is 11.4 Å². The molecule has 0 spiro atoms. The Morgan fingerprint density at radius 2 is 1.78 bits per heavy atom. The molecular weight excluding hydrogens is 422 g/mol. The van der Waals surface area contributed by atoms with Crippen LogP contribution in [0.1, 0.15) is 48.3 Å². The number of halogens is 2. The van der Waals surface area contributed by atoms with Gasteiger partial charge in [0.15, 0.2) is 11.6 Å². The van der Waals surface area contributed by atoms with E-state index in [-0.39, 0.29) is 22.2 Å². The van der Waals surface area contributed by atoms with Gasteiger partial charge in [-0.2, -0.15) is 0 Å². The first kappa shape index (κ1) is 22.9. The molecule has 9 heteroatoms. The lowest BCUT2D eigenvalue weighted by Gasteiger charge is -2.23. The van der Waals surface area contributed by atoms with Gasteiger partial charge in [-0.15, -0.1) is 0 Å². The third kappa shape index (κ3) is 3.93. The van der Waals surface area contributed by atoms with Crippen molar-refractivity contribution in [3.63, 3.8) is 0 Å². The minimum absolute atomic E-state index is 0.00847. The summed E-state index contributed by atoms with van der Waals surface area (Å²) in [6.45, 7) is 5.69. The Balaban J connectivity index is 2.20. The first-order valence-corrected chi connectivity index (χ1v) is 9.74. The second-order valence-corrected chi connectivity index (χ2v) is 8.11. The fourth-order valence-electron chi connectivity index (χ4n) is 3.61. The summed E-state index contributed by atoms with van der Waals surface area (Å²) in [7, 11) is 0. The lowest BCUT2D eigenvalue weighted by molar-refractivity contribution is -0.146. The van der Waals surface area contributed by atoms with Crippen molar-refractivity contribution in [3.8, 4) is 5.75 Å². The van der Waals surface area contributed by atoms with Crippen LogP contribution in [0, 0.1) is 18.6 Å². The Kier molecular flexibility index (Phi) is 5.78. The first-order valence-electron chi connectivity index (χ1n) is 9.74. The number of nitrogens with one attached hydrogen (secondary N) is 1. The average Bonchev–Trinajstić information content (AvgIpc) is 2.97. The van der Waals surface area contributed by atoms with E-state index in [1.54, 1.807) is 0 Å².